The van der Waals surface area contributed by atoms with E-state index in [0.717, 1.165) is 68.3 Å². The topological polar surface area (TPSA) is 117 Å². The Morgan fingerprint density at radius 2 is 1.59 bits per heavy atom. The van der Waals surface area contributed by atoms with Gasteiger partial charge in [-0.05, 0) is 105 Å². The molecule has 2 saturated heterocycles. The summed E-state index contributed by atoms with van der Waals surface area (Å²) in [4.78, 5) is 54.7. The summed E-state index contributed by atoms with van der Waals surface area (Å²) in [6.45, 7) is 7.03. The average Bonchev–Trinajstić information content (AvgIpc) is 3.53. The Hall–Kier alpha value is -5.67. The molecule has 2 aromatic carbocycles. The number of nitrogens with one attached hydrogen (secondary N) is 2. The van der Waals surface area contributed by atoms with Crippen LogP contribution in [0.5, 0.6) is 0 Å². The highest BCUT2D eigenvalue weighted by atomic mass is 32.1. The van der Waals surface area contributed by atoms with Gasteiger partial charge in [0, 0.05) is 60.9 Å². The number of carbonyl (C=O) groups excluding carboxylic acids is 3. The average molecular weight is 785 g/mol. The van der Waals surface area contributed by atoms with Crippen molar-refractivity contribution in [3.05, 3.63) is 117 Å². The lowest BCUT2D eigenvalue weighted by Crippen LogP contribution is -2.59. The van der Waals surface area contributed by atoms with Crippen LogP contribution in [0, 0.1) is 25.1 Å². The van der Waals surface area contributed by atoms with Crippen LogP contribution < -0.4 is 20.4 Å². The number of carbonyl (C=O) groups is 3. The number of para-hydroxylation sites is 1. The molecule has 3 aliphatic heterocycles. The molecule has 15 heteroatoms. The number of pyridine rings is 2. The molecule has 56 heavy (non-hydrogen) atoms. The third kappa shape index (κ3) is 7.12. The van der Waals surface area contributed by atoms with E-state index in [1.165, 1.54) is 0 Å². The summed E-state index contributed by atoms with van der Waals surface area (Å²) in [6, 6.07) is 17.8. The fourth-order valence-electron chi connectivity index (χ4n) is 7.53. The van der Waals surface area contributed by atoms with Gasteiger partial charge in [0.05, 0.1) is 32.3 Å². The van der Waals surface area contributed by atoms with Crippen LogP contribution in [0.2, 0.25) is 0 Å². The van der Waals surface area contributed by atoms with Crippen molar-refractivity contribution >= 4 is 51.9 Å². The zero-order valence-electron chi connectivity index (χ0n) is 30.4. The van der Waals surface area contributed by atoms with Gasteiger partial charge in [-0.1, -0.05) is 6.07 Å². The fraction of sp³-hybridized carbons (Fsp3) is 0.293. The Morgan fingerprint density at radius 3 is 2.32 bits per heavy atom. The highest BCUT2D eigenvalue weighted by Crippen LogP contribution is 2.44. The van der Waals surface area contributed by atoms with Crippen LogP contribution >= 0.6 is 11.3 Å². The fourth-order valence-corrected chi connectivity index (χ4v) is 8.64. The van der Waals surface area contributed by atoms with Crippen LogP contribution in [0.4, 0.5) is 40.4 Å². The predicted octanol–water partition coefficient (Wildman–Crippen LogP) is 8.30. The van der Waals surface area contributed by atoms with Gasteiger partial charge in [-0.25, -0.2) is 9.37 Å². The van der Waals surface area contributed by atoms with Crippen molar-refractivity contribution in [2.45, 2.75) is 39.3 Å². The van der Waals surface area contributed by atoms with Gasteiger partial charge < -0.3 is 25.2 Å². The minimum Gasteiger partial charge on any atom is -0.381 e. The molecular formula is C41H36F4N6O4S. The number of aryl methyl sites for hydroxylation is 2. The Morgan fingerprint density at radius 1 is 0.875 bits per heavy atom. The van der Waals surface area contributed by atoms with Gasteiger partial charge in [0.1, 0.15) is 17.3 Å². The zero-order valence-corrected chi connectivity index (χ0v) is 31.2. The van der Waals surface area contributed by atoms with Crippen molar-refractivity contribution in [2.24, 2.45) is 5.41 Å². The van der Waals surface area contributed by atoms with Gasteiger partial charge >= 0.3 is 6.18 Å². The molecule has 3 aliphatic rings. The number of benzene rings is 2. The first-order chi connectivity index (χ1) is 26.8. The minimum absolute atomic E-state index is 0.0692. The molecule has 0 aliphatic carbocycles. The van der Waals surface area contributed by atoms with E-state index in [1.54, 1.807) is 60.4 Å². The molecule has 0 saturated carbocycles. The number of hydrogen-bond donors (Lipinski definition) is 2. The first-order valence-corrected chi connectivity index (χ1v) is 18.9. The number of hydrogen-bond acceptors (Lipinski definition) is 8. The second-order valence-corrected chi connectivity index (χ2v) is 15.5. The van der Waals surface area contributed by atoms with E-state index >= 15 is 0 Å². The third-order valence-corrected chi connectivity index (χ3v) is 11.7. The smallest absolute Gasteiger partial charge is 0.381 e. The molecule has 5 aromatic rings. The Labute approximate surface area is 323 Å². The van der Waals surface area contributed by atoms with E-state index in [4.69, 9.17) is 14.7 Å². The number of halogens is 4. The van der Waals surface area contributed by atoms with E-state index in [2.05, 4.69) is 15.5 Å². The second-order valence-electron chi connectivity index (χ2n) is 14.4. The number of nitrogens with zero attached hydrogens (tertiary/aromatic N) is 4. The maximum atomic E-state index is 14.5. The highest BCUT2D eigenvalue weighted by molar-refractivity contribution is 7.17. The van der Waals surface area contributed by atoms with Crippen molar-refractivity contribution in [3.8, 4) is 10.6 Å². The monoisotopic (exact) mass is 784 g/mol. The second kappa shape index (κ2) is 14.4. The largest absolute Gasteiger partial charge is 0.418 e. The maximum Gasteiger partial charge on any atom is 0.418 e. The van der Waals surface area contributed by atoms with E-state index in [1.807, 2.05) is 13.0 Å². The van der Waals surface area contributed by atoms with Crippen LogP contribution in [0.1, 0.15) is 65.7 Å². The summed E-state index contributed by atoms with van der Waals surface area (Å²) >= 11 is 1.01. The molecule has 3 amide bonds. The van der Waals surface area contributed by atoms with Gasteiger partial charge in [0.2, 0.25) is 0 Å². The van der Waals surface area contributed by atoms with Gasteiger partial charge in [-0.2, -0.15) is 13.2 Å². The zero-order chi connectivity index (χ0) is 39.4. The summed E-state index contributed by atoms with van der Waals surface area (Å²) in [7, 11) is 0. The number of aromatic nitrogens is 2. The van der Waals surface area contributed by atoms with Crippen LogP contribution in [-0.2, 0) is 17.3 Å². The van der Waals surface area contributed by atoms with Gasteiger partial charge in [0.15, 0.2) is 0 Å². The van der Waals surface area contributed by atoms with Crippen LogP contribution in [0.3, 0.4) is 0 Å². The van der Waals surface area contributed by atoms with Crippen LogP contribution in [-0.4, -0.2) is 60.5 Å². The van der Waals surface area contributed by atoms with Crippen molar-refractivity contribution in [1.29, 1.82) is 0 Å². The molecule has 1 spiro atoms. The first-order valence-electron chi connectivity index (χ1n) is 18.1. The molecule has 6 heterocycles. The van der Waals surface area contributed by atoms with Gasteiger partial charge in [-0.15, -0.1) is 11.3 Å². The van der Waals surface area contributed by atoms with Crippen LogP contribution in [0.15, 0.2) is 72.8 Å². The molecule has 0 atom stereocenters. The number of fused-ring (bicyclic) bond motifs is 3. The molecule has 3 aromatic heterocycles. The van der Waals surface area contributed by atoms with E-state index in [-0.39, 0.29) is 28.7 Å². The lowest BCUT2D eigenvalue weighted by Gasteiger charge is -2.53. The summed E-state index contributed by atoms with van der Waals surface area (Å²) in [6.07, 6.45) is -2.59. The summed E-state index contributed by atoms with van der Waals surface area (Å²) in [5.41, 5.74) is 2.36. The van der Waals surface area contributed by atoms with E-state index in [0.29, 0.717) is 62.6 Å². The van der Waals surface area contributed by atoms with Gasteiger partial charge in [0.25, 0.3) is 17.7 Å². The van der Waals surface area contributed by atoms with Crippen molar-refractivity contribution in [3.63, 3.8) is 0 Å². The number of anilines is 4. The molecule has 8 rings (SSSR count). The number of ether oxygens (including phenoxy) is 1. The normalized spacial score (nSPS) is 16.0. The summed E-state index contributed by atoms with van der Waals surface area (Å²) < 4.78 is 60.9. The predicted molar refractivity (Wildman–Crippen MR) is 205 cm³/mol. The third-order valence-electron chi connectivity index (χ3n) is 10.5. The first kappa shape index (κ1) is 37.3. The number of amides is 3. The van der Waals surface area contributed by atoms with Crippen molar-refractivity contribution in [2.75, 3.05) is 53.3 Å². The van der Waals surface area contributed by atoms with Crippen molar-refractivity contribution < 1.29 is 36.7 Å². The van der Waals surface area contributed by atoms with E-state index < -0.39 is 29.2 Å². The number of thiophene rings is 1. The SMILES string of the molecule is Cc1ccc2c(n1)-c1sc(C(=O)Nc3c(F)cccc3C(F)(F)F)cc1CCN2C(=O)c1ccc(NC(=O)c2ccc(C)nc2N2CC3(CCOCC3)C2)cc1. The lowest BCUT2D eigenvalue weighted by molar-refractivity contribution is -0.137. The Balaban J connectivity index is 0.992. The van der Waals surface area contributed by atoms with E-state index in [9.17, 15) is 31.9 Å². The molecule has 2 N–H and O–H groups in total. The molecule has 0 unspecified atom stereocenters. The van der Waals surface area contributed by atoms with Crippen molar-refractivity contribution in [1.82, 2.24) is 9.97 Å². The molecule has 288 valence electrons. The number of alkyl halides is 3. The standard InChI is InChI=1S/C41H36F4N6O4S/c1-23-7-13-31-34(46-23)35-26(20-32(56-35)38(53)49-33-29(41(43,44)45)4-3-5-30(33)42)14-17-51(31)39(54)25-8-10-27(11-9-25)48-37(52)28-12-6-24(2)47-36(28)50-21-40(22-50)15-18-55-19-16-40/h3-13,20H,14-19,21-22H2,1-2H3,(H,48,52)(H,49,53). The molecule has 2 fully saturated rings. The number of rotatable bonds is 6. The Kier molecular flexibility index (Phi) is 9.61. The van der Waals surface area contributed by atoms with Crippen LogP contribution in [0.25, 0.3) is 10.6 Å². The molecule has 0 radical (unpaired) electrons. The maximum absolute atomic E-state index is 14.5. The molecule has 10 nitrogen and oxygen atoms in total. The Bertz CT molecular complexity index is 2370. The molecule has 0 bridgehead atoms. The van der Waals surface area contributed by atoms with Gasteiger partial charge in [-0.3, -0.25) is 19.4 Å². The quantitative estimate of drug-likeness (QED) is 0.167. The highest BCUT2D eigenvalue weighted by Gasteiger charge is 2.45. The lowest BCUT2D eigenvalue weighted by atomic mass is 9.73. The minimum atomic E-state index is -4.88. The summed E-state index contributed by atoms with van der Waals surface area (Å²) in [5.74, 6) is -2.07. The summed E-state index contributed by atoms with van der Waals surface area (Å²) in [5, 5.41) is 5.07. The molecular weight excluding hydrogens is 749 g/mol.